The van der Waals surface area contributed by atoms with Gasteiger partial charge < -0.3 is 14.6 Å². The molecular weight excluding hydrogens is 424 g/mol. The highest BCUT2D eigenvalue weighted by Gasteiger charge is 2.29. The number of aryl methyl sites for hydroxylation is 2. The molecule has 3 aromatic rings. The molecule has 1 fully saturated rings. The Morgan fingerprint density at radius 2 is 1.88 bits per heavy atom. The second kappa shape index (κ2) is 9.53. The molecule has 0 atom stereocenters. The summed E-state index contributed by atoms with van der Waals surface area (Å²) in [5.41, 5.74) is 3.46. The number of carbonyl (C=O) groups is 3. The summed E-state index contributed by atoms with van der Waals surface area (Å²) < 4.78 is 7.38. The van der Waals surface area contributed by atoms with E-state index in [0.717, 1.165) is 37.2 Å². The van der Waals surface area contributed by atoms with Crippen molar-refractivity contribution in [2.75, 3.05) is 11.9 Å². The Kier molecular flexibility index (Phi) is 6.55. The van der Waals surface area contributed by atoms with E-state index in [2.05, 4.69) is 21.3 Å². The van der Waals surface area contributed by atoms with Gasteiger partial charge in [0, 0.05) is 40.0 Å². The van der Waals surface area contributed by atoms with Crippen LogP contribution >= 0.6 is 11.3 Å². The third-order valence-corrected chi connectivity index (χ3v) is 6.64. The number of Topliss-reactive ketones (excluding diaryl/α,β-unsaturated/α-hetero) is 1. The van der Waals surface area contributed by atoms with Crippen molar-refractivity contribution in [2.24, 2.45) is 5.92 Å². The van der Waals surface area contributed by atoms with Crippen LogP contribution in [-0.4, -0.2) is 28.8 Å². The van der Waals surface area contributed by atoms with Gasteiger partial charge in [-0.1, -0.05) is 6.07 Å². The molecule has 1 amide bonds. The molecule has 32 heavy (non-hydrogen) atoms. The predicted molar refractivity (Wildman–Crippen MR) is 124 cm³/mol. The quantitative estimate of drug-likeness (QED) is 0.375. The van der Waals surface area contributed by atoms with Crippen LogP contribution in [0.1, 0.15) is 49.8 Å². The van der Waals surface area contributed by atoms with Crippen LogP contribution in [0.15, 0.2) is 47.8 Å². The van der Waals surface area contributed by atoms with Crippen LogP contribution in [0.5, 0.6) is 0 Å². The van der Waals surface area contributed by atoms with Crippen molar-refractivity contribution in [2.45, 2.75) is 39.7 Å². The fraction of sp³-hybridized carbons (Fsp3) is 0.320. The number of anilines is 1. The molecule has 1 N–H and O–H groups in total. The largest absolute Gasteiger partial charge is 0.454 e. The van der Waals surface area contributed by atoms with Gasteiger partial charge in [0.25, 0.3) is 0 Å². The van der Waals surface area contributed by atoms with Crippen LogP contribution in [0.25, 0.3) is 0 Å². The molecule has 6 nitrogen and oxygen atoms in total. The lowest BCUT2D eigenvalue weighted by Crippen LogP contribution is -2.16. The average Bonchev–Trinajstić information content (AvgIpc) is 3.44. The monoisotopic (exact) mass is 450 g/mol. The van der Waals surface area contributed by atoms with Gasteiger partial charge in [-0.25, -0.2) is 4.79 Å². The van der Waals surface area contributed by atoms with E-state index in [-0.39, 0.29) is 24.2 Å². The number of nitrogens with one attached hydrogen (secondary N) is 1. The van der Waals surface area contributed by atoms with Crippen molar-refractivity contribution in [3.05, 3.63) is 75.2 Å². The first-order chi connectivity index (χ1) is 15.4. The Bertz CT molecular complexity index is 1130. The van der Waals surface area contributed by atoms with E-state index in [0.29, 0.717) is 16.8 Å². The molecule has 1 saturated carbocycles. The topological polar surface area (TPSA) is 77.4 Å². The van der Waals surface area contributed by atoms with Gasteiger partial charge in [0.1, 0.15) is 0 Å². The van der Waals surface area contributed by atoms with E-state index in [1.54, 1.807) is 35.6 Å². The Labute approximate surface area is 191 Å². The van der Waals surface area contributed by atoms with Gasteiger partial charge >= 0.3 is 5.97 Å². The third-order valence-electron chi connectivity index (χ3n) is 5.71. The predicted octanol–water partition coefficient (Wildman–Crippen LogP) is 4.80. The number of carbonyl (C=O) groups excluding carboxylic acids is 3. The van der Waals surface area contributed by atoms with Crippen LogP contribution in [0.2, 0.25) is 0 Å². The summed E-state index contributed by atoms with van der Waals surface area (Å²) in [6, 6.07) is 12.5. The van der Waals surface area contributed by atoms with E-state index in [1.807, 2.05) is 26.0 Å². The van der Waals surface area contributed by atoms with Gasteiger partial charge in [-0.2, -0.15) is 0 Å². The van der Waals surface area contributed by atoms with E-state index in [9.17, 15) is 14.4 Å². The summed E-state index contributed by atoms with van der Waals surface area (Å²) in [5, 5.41) is 4.89. The highest BCUT2D eigenvalue weighted by molar-refractivity contribution is 7.09. The van der Waals surface area contributed by atoms with Gasteiger partial charge in [0.05, 0.1) is 5.56 Å². The number of thiophene rings is 1. The Morgan fingerprint density at radius 1 is 1.12 bits per heavy atom. The molecule has 2 aromatic heterocycles. The molecule has 4 rings (SSSR count). The lowest BCUT2D eigenvalue weighted by atomic mass is 10.1. The van der Waals surface area contributed by atoms with Gasteiger partial charge in [-0.3, -0.25) is 9.59 Å². The summed E-state index contributed by atoms with van der Waals surface area (Å²) in [7, 11) is 0. The SMILES string of the molecule is Cc1cc(C(=O)COC(=O)c2ccc(NC(=O)C3CC3)cc2)c(C)n1CCc1cccs1. The Balaban J connectivity index is 1.32. The van der Waals surface area contributed by atoms with Gasteiger partial charge in [0.15, 0.2) is 6.61 Å². The van der Waals surface area contributed by atoms with Crippen molar-refractivity contribution >= 4 is 34.7 Å². The molecule has 166 valence electrons. The number of aromatic nitrogens is 1. The van der Waals surface area contributed by atoms with Crippen molar-refractivity contribution in [3.63, 3.8) is 0 Å². The number of ether oxygens (including phenoxy) is 1. The lowest BCUT2D eigenvalue weighted by Gasteiger charge is -2.09. The highest BCUT2D eigenvalue weighted by atomic mass is 32.1. The number of rotatable bonds is 9. The maximum atomic E-state index is 12.7. The average molecular weight is 451 g/mol. The van der Waals surface area contributed by atoms with Crippen molar-refractivity contribution < 1.29 is 19.1 Å². The van der Waals surface area contributed by atoms with Crippen LogP contribution in [-0.2, 0) is 22.5 Å². The molecule has 7 heteroatoms. The van der Waals surface area contributed by atoms with E-state index < -0.39 is 5.97 Å². The van der Waals surface area contributed by atoms with Crippen LogP contribution in [0.3, 0.4) is 0 Å². The first-order valence-electron chi connectivity index (χ1n) is 10.7. The zero-order valence-electron chi connectivity index (χ0n) is 18.2. The van der Waals surface area contributed by atoms with E-state index in [4.69, 9.17) is 4.74 Å². The molecule has 1 aliphatic carbocycles. The van der Waals surface area contributed by atoms with Crippen LogP contribution < -0.4 is 5.32 Å². The highest BCUT2D eigenvalue weighted by Crippen LogP contribution is 2.30. The molecule has 1 aliphatic rings. The zero-order valence-corrected chi connectivity index (χ0v) is 19.0. The number of hydrogen-bond donors (Lipinski definition) is 1. The molecule has 0 spiro atoms. The number of hydrogen-bond acceptors (Lipinski definition) is 5. The minimum absolute atomic E-state index is 0.0129. The second-order valence-electron chi connectivity index (χ2n) is 8.11. The first kappa shape index (κ1) is 22.0. The summed E-state index contributed by atoms with van der Waals surface area (Å²) >= 11 is 1.73. The maximum Gasteiger partial charge on any atom is 0.338 e. The number of amides is 1. The maximum absolute atomic E-state index is 12.7. The van der Waals surface area contributed by atoms with Crippen molar-refractivity contribution in [3.8, 4) is 0 Å². The fourth-order valence-corrected chi connectivity index (χ4v) is 4.37. The molecule has 1 aromatic carbocycles. The normalized spacial score (nSPS) is 13.1. The number of nitrogens with zero attached hydrogens (tertiary/aromatic N) is 1. The number of benzene rings is 1. The Morgan fingerprint density at radius 3 is 2.53 bits per heavy atom. The minimum Gasteiger partial charge on any atom is -0.454 e. The molecule has 2 heterocycles. The standard InChI is InChI=1S/C25H26N2O4S/c1-16-14-22(17(2)27(16)12-11-21-4-3-13-32-21)23(28)15-31-25(30)19-7-9-20(10-8-19)26-24(29)18-5-6-18/h3-4,7-10,13-14,18H,5-6,11-12,15H2,1-2H3,(H,26,29). The van der Waals surface area contributed by atoms with E-state index in [1.165, 1.54) is 4.88 Å². The van der Waals surface area contributed by atoms with Gasteiger partial charge in [-0.05, 0) is 74.9 Å². The number of esters is 1. The molecule has 0 aliphatic heterocycles. The van der Waals surface area contributed by atoms with Crippen molar-refractivity contribution in [1.82, 2.24) is 4.57 Å². The van der Waals surface area contributed by atoms with Crippen LogP contribution in [0.4, 0.5) is 5.69 Å². The summed E-state index contributed by atoms with van der Waals surface area (Å²) in [6.45, 7) is 4.39. The third kappa shape index (κ3) is 5.16. The summed E-state index contributed by atoms with van der Waals surface area (Å²) in [4.78, 5) is 38.2. The van der Waals surface area contributed by atoms with Gasteiger partial charge in [-0.15, -0.1) is 11.3 Å². The molecule has 0 saturated heterocycles. The Hall–Kier alpha value is -3.19. The molecule has 0 bridgehead atoms. The first-order valence-corrected chi connectivity index (χ1v) is 11.6. The molecular formula is C25H26N2O4S. The van der Waals surface area contributed by atoms with E-state index >= 15 is 0 Å². The van der Waals surface area contributed by atoms with Crippen LogP contribution in [0, 0.1) is 19.8 Å². The summed E-state index contributed by atoms with van der Waals surface area (Å²) in [5.74, 6) is -0.658. The molecule has 0 radical (unpaired) electrons. The molecule has 0 unspecified atom stereocenters. The second-order valence-corrected chi connectivity index (χ2v) is 9.14. The van der Waals surface area contributed by atoms with Gasteiger partial charge in [0.2, 0.25) is 11.7 Å². The van der Waals surface area contributed by atoms with Crippen molar-refractivity contribution in [1.29, 1.82) is 0 Å². The number of ketones is 1. The smallest absolute Gasteiger partial charge is 0.338 e. The zero-order chi connectivity index (χ0) is 22.7. The lowest BCUT2D eigenvalue weighted by molar-refractivity contribution is -0.117. The minimum atomic E-state index is -0.565. The fourth-order valence-electron chi connectivity index (χ4n) is 3.68. The summed E-state index contributed by atoms with van der Waals surface area (Å²) in [6.07, 6.45) is 2.77.